The molecular weight excluding hydrogens is 321 g/mol. The summed E-state index contributed by atoms with van der Waals surface area (Å²) in [4.78, 5) is 11.5. The van der Waals surface area contributed by atoms with Crippen molar-refractivity contribution in [3.8, 4) is 5.75 Å². The van der Waals surface area contributed by atoms with Crippen molar-refractivity contribution in [3.05, 3.63) is 29.8 Å². The van der Waals surface area contributed by atoms with Crippen LogP contribution in [0.15, 0.2) is 24.3 Å². The van der Waals surface area contributed by atoms with Crippen LogP contribution >= 0.6 is 12.4 Å². The van der Waals surface area contributed by atoms with Gasteiger partial charge in [0, 0.05) is 13.0 Å². The molecule has 2 N–H and O–H groups in total. The van der Waals surface area contributed by atoms with E-state index in [0.717, 1.165) is 13.0 Å². The Labute approximate surface area is 133 Å². The number of alkyl halides is 3. The molecular formula is C14H20ClF3N2O2. The molecule has 1 rings (SSSR count). The quantitative estimate of drug-likeness (QED) is 0.715. The highest BCUT2D eigenvalue weighted by Gasteiger charge is 2.31. The SMILES string of the molecule is CNCCCC(=O)NCCc1ccccc1OC(F)(F)F.Cl. The highest BCUT2D eigenvalue weighted by atomic mass is 35.5. The van der Waals surface area contributed by atoms with Crippen molar-refractivity contribution in [1.29, 1.82) is 0 Å². The van der Waals surface area contributed by atoms with Crippen LogP contribution in [0.25, 0.3) is 0 Å². The zero-order valence-electron chi connectivity index (χ0n) is 12.2. The van der Waals surface area contributed by atoms with Crippen molar-refractivity contribution < 1.29 is 22.7 Å². The predicted molar refractivity (Wildman–Crippen MR) is 80.2 cm³/mol. The molecule has 0 aromatic heterocycles. The summed E-state index contributed by atoms with van der Waals surface area (Å²) in [6, 6.07) is 5.92. The summed E-state index contributed by atoms with van der Waals surface area (Å²) in [5, 5.41) is 5.61. The number of carbonyl (C=O) groups excluding carboxylic acids is 1. The number of ether oxygens (including phenoxy) is 1. The Kier molecular flexibility index (Phi) is 9.60. The molecule has 1 aromatic rings. The van der Waals surface area contributed by atoms with Gasteiger partial charge in [-0.25, -0.2) is 0 Å². The standard InChI is InChI=1S/C14H19F3N2O2.ClH/c1-18-9-4-7-13(20)19-10-8-11-5-2-3-6-12(11)21-14(15,16)17;/h2-3,5-6,18H,4,7-10H2,1H3,(H,19,20);1H. The molecule has 0 aliphatic rings. The molecule has 8 heteroatoms. The van der Waals surface area contributed by atoms with Gasteiger partial charge >= 0.3 is 6.36 Å². The van der Waals surface area contributed by atoms with E-state index in [1.54, 1.807) is 19.2 Å². The maximum atomic E-state index is 12.2. The molecule has 1 amide bonds. The van der Waals surface area contributed by atoms with Crippen LogP contribution in [0.5, 0.6) is 5.75 Å². The highest BCUT2D eigenvalue weighted by Crippen LogP contribution is 2.26. The van der Waals surface area contributed by atoms with Gasteiger partial charge in [0.1, 0.15) is 5.75 Å². The van der Waals surface area contributed by atoms with E-state index in [0.29, 0.717) is 12.0 Å². The van der Waals surface area contributed by atoms with Crippen LogP contribution in [0, 0.1) is 0 Å². The van der Waals surface area contributed by atoms with Crippen molar-refractivity contribution in [3.63, 3.8) is 0 Å². The van der Waals surface area contributed by atoms with Crippen molar-refractivity contribution in [2.45, 2.75) is 25.6 Å². The fourth-order valence-electron chi connectivity index (χ4n) is 1.79. The number of hydrogen-bond donors (Lipinski definition) is 2. The third kappa shape index (κ3) is 8.74. The van der Waals surface area contributed by atoms with Gasteiger partial charge in [0.25, 0.3) is 0 Å². The number of rotatable bonds is 8. The average molecular weight is 341 g/mol. The molecule has 0 atom stereocenters. The van der Waals surface area contributed by atoms with Crippen molar-refractivity contribution >= 4 is 18.3 Å². The first-order valence-corrected chi connectivity index (χ1v) is 6.67. The molecule has 1 aromatic carbocycles. The van der Waals surface area contributed by atoms with Gasteiger partial charge in [0.2, 0.25) is 5.91 Å². The minimum atomic E-state index is -4.72. The molecule has 0 unspecified atom stereocenters. The van der Waals surface area contributed by atoms with Gasteiger partial charge in [0.15, 0.2) is 0 Å². The minimum absolute atomic E-state index is 0. The molecule has 0 fully saturated rings. The monoisotopic (exact) mass is 340 g/mol. The first kappa shape index (κ1) is 20.5. The second-order valence-corrected chi connectivity index (χ2v) is 4.46. The van der Waals surface area contributed by atoms with Crippen LogP contribution in [0.1, 0.15) is 18.4 Å². The van der Waals surface area contributed by atoms with Crippen LogP contribution in [0.2, 0.25) is 0 Å². The lowest BCUT2D eigenvalue weighted by Crippen LogP contribution is -2.26. The molecule has 0 spiro atoms. The average Bonchev–Trinajstić information content (AvgIpc) is 2.39. The Bertz CT molecular complexity index is 456. The van der Waals surface area contributed by atoms with Crippen molar-refractivity contribution in [1.82, 2.24) is 10.6 Å². The number of benzene rings is 1. The molecule has 22 heavy (non-hydrogen) atoms. The Morgan fingerprint density at radius 1 is 1.23 bits per heavy atom. The summed E-state index contributed by atoms with van der Waals surface area (Å²) in [6.07, 6.45) is -3.33. The fourth-order valence-corrected chi connectivity index (χ4v) is 1.79. The molecule has 0 aliphatic carbocycles. The van der Waals surface area contributed by atoms with E-state index in [1.165, 1.54) is 12.1 Å². The van der Waals surface area contributed by atoms with Crippen LogP contribution in [-0.2, 0) is 11.2 Å². The molecule has 0 bridgehead atoms. The summed E-state index contributed by atoms with van der Waals surface area (Å²) >= 11 is 0. The van der Waals surface area contributed by atoms with Gasteiger partial charge in [-0.15, -0.1) is 25.6 Å². The van der Waals surface area contributed by atoms with E-state index in [-0.39, 0.29) is 37.0 Å². The van der Waals surface area contributed by atoms with Crippen LogP contribution in [0.3, 0.4) is 0 Å². The number of nitrogens with one attached hydrogen (secondary N) is 2. The number of carbonyl (C=O) groups is 1. The van der Waals surface area contributed by atoms with E-state index < -0.39 is 6.36 Å². The summed E-state index contributed by atoms with van der Waals surface area (Å²) in [5.41, 5.74) is 0.408. The zero-order valence-corrected chi connectivity index (χ0v) is 13.0. The number of para-hydroxylation sites is 1. The Hall–Kier alpha value is -1.47. The van der Waals surface area contributed by atoms with E-state index >= 15 is 0 Å². The Morgan fingerprint density at radius 2 is 1.91 bits per heavy atom. The fraction of sp³-hybridized carbons (Fsp3) is 0.500. The van der Waals surface area contributed by atoms with Crippen molar-refractivity contribution in [2.24, 2.45) is 0 Å². The number of halogens is 4. The molecule has 0 heterocycles. The third-order valence-electron chi connectivity index (χ3n) is 2.75. The molecule has 4 nitrogen and oxygen atoms in total. The zero-order chi connectivity index (χ0) is 15.7. The maximum Gasteiger partial charge on any atom is 0.573 e. The van der Waals surface area contributed by atoms with Crippen molar-refractivity contribution in [2.75, 3.05) is 20.1 Å². The lowest BCUT2D eigenvalue weighted by atomic mass is 10.1. The Balaban J connectivity index is 0.00000441. The first-order valence-electron chi connectivity index (χ1n) is 6.67. The normalized spacial score (nSPS) is 10.7. The van der Waals surface area contributed by atoms with Gasteiger partial charge in [-0.05, 0) is 38.1 Å². The van der Waals surface area contributed by atoms with Crippen LogP contribution in [0.4, 0.5) is 13.2 Å². The van der Waals surface area contributed by atoms with Gasteiger partial charge in [0.05, 0.1) is 0 Å². The van der Waals surface area contributed by atoms with E-state index in [4.69, 9.17) is 0 Å². The predicted octanol–water partition coefficient (Wildman–Crippen LogP) is 2.67. The number of hydrogen-bond acceptors (Lipinski definition) is 3. The summed E-state index contributed by atoms with van der Waals surface area (Å²) in [6.45, 7) is 1.02. The summed E-state index contributed by atoms with van der Waals surface area (Å²) in [7, 11) is 1.80. The van der Waals surface area contributed by atoms with Gasteiger partial charge in [-0.3, -0.25) is 4.79 Å². The van der Waals surface area contributed by atoms with E-state index in [9.17, 15) is 18.0 Å². The van der Waals surface area contributed by atoms with E-state index in [2.05, 4.69) is 15.4 Å². The van der Waals surface area contributed by atoms with Crippen LogP contribution in [-0.4, -0.2) is 32.4 Å². The van der Waals surface area contributed by atoms with Gasteiger partial charge in [-0.1, -0.05) is 18.2 Å². The Morgan fingerprint density at radius 3 is 2.55 bits per heavy atom. The topological polar surface area (TPSA) is 50.4 Å². The minimum Gasteiger partial charge on any atom is -0.406 e. The largest absolute Gasteiger partial charge is 0.573 e. The molecule has 0 saturated carbocycles. The molecule has 0 saturated heterocycles. The van der Waals surface area contributed by atoms with E-state index in [1.807, 2.05) is 0 Å². The molecule has 0 radical (unpaired) electrons. The smallest absolute Gasteiger partial charge is 0.406 e. The highest BCUT2D eigenvalue weighted by molar-refractivity contribution is 5.85. The van der Waals surface area contributed by atoms with Crippen LogP contribution < -0.4 is 15.4 Å². The molecule has 0 aliphatic heterocycles. The maximum absolute atomic E-state index is 12.2. The number of amides is 1. The lowest BCUT2D eigenvalue weighted by Gasteiger charge is -2.13. The summed E-state index contributed by atoms with van der Waals surface area (Å²) < 4.78 is 40.7. The van der Waals surface area contributed by atoms with Gasteiger partial charge < -0.3 is 15.4 Å². The second kappa shape index (κ2) is 10.3. The second-order valence-electron chi connectivity index (χ2n) is 4.46. The lowest BCUT2D eigenvalue weighted by molar-refractivity contribution is -0.274. The van der Waals surface area contributed by atoms with Gasteiger partial charge in [-0.2, -0.15) is 0 Å². The molecule has 126 valence electrons. The first-order chi connectivity index (χ1) is 9.92. The summed E-state index contributed by atoms with van der Waals surface area (Å²) in [5.74, 6) is -0.339. The third-order valence-corrected chi connectivity index (χ3v) is 2.75.